The van der Waals surface area contributed by atoms with Crippen molar-refractivity contribution in [2.75, 3.05) is 19.6 Å². The first-order chi connectivity index (χ1) is 21.8. The van der Waals surface area contributed by atoms with E-state index in [1.54, 1.807) is 93.6 Å². The van der Waals surface area contributed by atoms with E-state index >= 15 is 0 Å². The zero-order valence-corrected chi connectivity index (χ0v) is 24.6. The molecule has 2 atom stereocenters. The maximum absolute atomic E-state index is 11.4. The van der Waals surface area contributed by atoms with Crippen LogP contribution in [0.15, 0.2) is 69.6 Å². The first kappa shape index (κ1) is 34.9. The normalized spacial score (nSPS) is 13.5. The number of hydroxylamine groups is 3. The third-order valence-corrected chi connectivity index (χ3v) is 7.89. The van der Waals surface area contributed by atoms with Crippen molar-refractivity contribution < 1.29 is 45.1 Å². The predicted octanol–water partition coefficient (Wildman–Crippen LogP) is 4.30. The Balaban J connectivity index is 2.56. The third-order valence-electron chi connectivity index (χ3n) is 7.89. The molecule has 6 N–H and O–H groups in total. The summed E-state index contributed by atoms with van der Waals surface area (Å²) in [6.07, 6.45) is 4.66. The molecule has 0 aliphatic rings. The van der Waals surface area contributed by atoms with E-state index in [1.807, 2.05) is 0 Å². The van der Waals surface area contributed by atoms with Crippen LogP contribution in [0, 0.1) is 20.8 Å². The molecule has 0 bridgehead atoms. The summed E-state index contributed by atoms with van der Waals surface area (Å²) >= 11 is 0. The van der Waals surface area contributed by atoms with E-state index in [0.717, 1.165) is 0 Å². The Bertz CT molecular complexity index is 1540. The highest BCUT2D eigenvalue weighted by Crippen LogP contribution is 2.51. The van der Waals surface area contributed by atoms with Crippen molar-refractivity contribution in [2.45, 2.75) is 38.0 Å². The van der Waals surface area contributed by atoms with Crippen LogP contribution < -0.4 is 16.4 Å². The second-order valence-electron chi connectivity index (χ2n) is 10.1. The molecule has 0 saturated heterocycles. The number of carbonyl (C=O) groups excluding carboxylic acids is 3. The molecule has 45 heavy (non-hydrogen) atoms. The minimum absolute atomic E-state index is 0.112. The van der Waals surface area contributed by atoms with E-state index in [9.17, 15) is 30.2 Å². The molecule has 0 aliphatic carbocycles. The smallest absolute Gasteiger partial charge is 0.233 e. The highest BCUT2D eigenvalue weighted by atomic mass is 17.2. The summed E-state index contributed by atoms with van der Waals surface area (Å²) < 4.78 is 0. The summed E-state index contributed by atoms with van der Waals surface area (Å²) in [5, 5.41) is 28.4. The Morgan fingerprint density at radius 2 is 1.04 bits per heavy atom. The van der Waals surface area contributed by atoms with Crippen LogP contribution in [0.25, 0.3) is 0 Å². The van der Waals surface area contributed by atoms with Crippen molar-refractivity contribution in [1.29, 1.82) is 0 Å². The van der Waals surface area contributed by atoms with Gasteiger partial charge in [-0.15, -0.1) is 15.0 Å². The molecule has 0 spiro atoms. The monoisotopic (exact) mass is 620 g/mol. The minimum atomic E-state index is -1.34. The van der Waals surface area contributed by atoms with Gasteiger partial charge in [-0.05, 0) is 72.4 Å². The fraction of sp³-hybridized carbons (Fsp3) is 0.300. The van der Waals surface area contributed by atoms with Gasteiger partial charge in [0, 0.05) is 36.9 Å². The number of nitrogens with one attached hydrogen (secondary N) is 3. The second kappa shape index (κ2) is 17.1. The number of hydrogen-bond donors (Lipinski definition) is 6. The van der Waals surface area contributed by atoms with Crippen LogP contribution >= 0.6 is 0 Å². The summed E-state index contributed by atoms with van der Waals surface area (Å²) in [5.41, 5.74) is 10.7. The molecule has 15 heteroatoms. The van der Waals surface area contributed by atoms with Crippen LogP contribution in [0.1, 0.15) is 45.2 Å². The first-order valence-electron chi connectivity index (χ1n) is 13.5. The van der Waals surface area contributed by atoms with Gasteiger partial charge in [-0.3, -0.25) is 0 Å². The highest BCUT2D eigenvalue weighted by Gasteiger charge is 2.49. The lowest BCUT2D eigenvalue weighted by molar-refractivity contribution is -0.300. The number of aliphatic imine (C=N–C) groups is 3. The summed E-state index contributed by atoms with van der Waals surface area (Å²) in [5.74, 6) is -1.57. The maximum Gasteiger partial charge on any atom is 0.240 e. The number of rotatable bonds is 17. The van der Waals surface area contributed by atoms with Crippen molar-refractivity contribution >= 4 is 35.3 Å². The molecular weight excluding hydrogens is 588 g/mol. The Morgan fingerprint density at radius 3 is 1.44 bits per heavy atom. The third kappa shape index (κ3) is 8.13. The number of aryl methyl sites for hydroxylation is 3. The number of nitrogens with zero attached hydrogens (tertiary/aromatic N) is 3. The van der Waals surface area contributed by atoms with Gasteiger partial charge in [-0.1, -0.05) is 36.4 Å². The Kier molecular flexibility index (Phi) is 13.2. The standard InChI is InChI=1S/C30H32N6O9/c1-19-4-7-22(10-27(19)31-16-37)25(13-34-43-40)30(15-36-45-42,24-9-6-21(3)29(12-24)33-18-39)26(14-35-44-41)23-8-5-20(2)28(11-23)32-17-38/h4-12,25-26,34-36,40-42H,13-15H2,1-3H3. The molecule has 0 amide bonds. The Hall–Kier alpha value is -4.56. The molecule has 0 saturated carbocycles. The van der Waals surface area contributed by atoms with Gasteiger partial charge in [0.1, 0.15) is 0 Å². The van der Waals surface area contributed by atoms with Crippen molar-refractivity contribution in [3.05, 3.63) is 88.0 Å². The van der Waals surface area contributed by atoms with Crippen molar-refractivity contribution in [1.82, 2.24) is 16.4 Å². The van der Waals surface area contributed by atoms with Crippen LogP contribution in [-0.4, -0.2) is 53.6 Å². The van der Waals surface area contributed by atoms with Crippen LogP contribution in [0.4, 0.5) is 17.1 Å². The summed E-state index contributed by atoms with van der Waals surface area (Å²) in [4.78, 5) is 58.4. The number of benzene rings is 3. The average Bonchev–Trinajstić information content (AvgIpc) is 3.03. The highest BCUT2D eigenvalue weighted by molar-refractivity contribution is 5.60. The molecule has 0 radical (unpaired) electrons. The van der Waals surface area contributed by atoms with Crippen LogP contribution in [0.3, 0.4) is 0 Å². The van der Waals surface area contributed by atoms with Gasteiger partial charge >= 0.3 is 0 Å². The van der Waals surface area contributed by atoms with E-state index in [1.165, 1.54) is 0 Å². The van der Waals surface area contributed by atoms with Gasteiger partial charge in [0.15, 0.2) is 0 Å². The zero-order chi connectivity index (χ0) is 32.8. The van der Waals surface area contributed by atoms with Gasteiger partial charge in [0.2, 0.25) is 18.2 Å². The topological polar surface area (TPSA) is 213 Å². The molecule has 236 valence electrons. The van der Waals surface area contributed by atoms with Crippen LogP contribution in [0.2, 0.25) is 0 Å². The fourth-order valence-corrected chi connectivity index (χ4v) is 5.68. The zero-order valence-electron chi connectivity index (χ0n) is 24.6. The molecule has 0 aromatic heterocycles. The summed E-state index contributed by atoms with van der Waals surface area (Å²) in [6, 6.07) is 15.5. The average molecular weight is 621 g/mol. The lowest BCUT2D eigenvalue weighted by Crippen LogP contribution is -2.52. The van der Waals surface area contributed by atoms with Crippen molar-refractivity contribution in [3.8, 4) is 0 Å². The largest absolute Gasteiger partial charge is 0.240 e. The van der Waals surface area contributed by atoms with E-state index in [0.29, 0.717) is 44.8 Å². The Labute approximate surface area is 257 Å². The van der Waals surface area contributed by atoms with Crippen LogP contribution in [0.5, 0.6) is 0 Å². The fourth-order valence-electron chi connectivity index (χ4n) is 5.68. The van der Waals surface area contributed by atoms with Gasteiger partial charge < -0.3 is 0 Å². The summed E-state index contributed by atoms with van der Waals surface area (Å²) in [6.45, 7) is 4.86. The first-order valence-corrected chi connectivity index (χ1v) is 13.5. The molecule has 3 rings (SSSR count). The molecule has 2 unspecified atom stereocenters. The van der Waals surface area contributed by atoms with Gasteiger partial charge in [-0.2, -0.15) is 31.4 Å². The van der Waals surface area contributed by atoms with E-state index in [4.69, 9.17) is 0 Å². The molecule has 3 aromatic rings. The predicted molar refractivity (Wildman–Crippen MR) is 159 cm³/mol. The second-order valence-corrected chi connectivity index (χ2v) is 10.1. The molecule has 0 aliphatic heterocycles. The van der Waals surface area contributed by atoms with Crippen molar-refractivity contribution in [3.63, 3.8) is 0 Å². The van der Waals surface area contributed by atoms with Gasteiger partial charge in [0.05, 0.1) is 17.1 Å². The molecule has 0 fully saturated rings. The summed E-state index contributed by atoms with van der Waals surface area (Å²) in [7, 11) is 0. The minimum Gasteiger partial charge on any atom is -0.233 e. The Morgan fingerprint density at radius 1 is 0.644 bits per heavy atom. The molecule has 3 aromatic carbocycles. The van der Waals surface area contributed by atoms with Crippen LogP contribution in [-0.2, 0) is 34.8 Å². The van der Waals surface area contributed by atoms with E-state index in [-0.39, 0.29) is 25.3 Å². The number of hydrogen-bond acceptors (Lipinski definition) is 15. The van der Waals surface area contributed by atoms with Crippen molar-refractivity contribution in [2.24, 2.45) is 15.0 Å². The quantitative estimate of drug-likeness (QED) is 0.0539. The maximum atomic E-state index is 11.4. The lowest BCUT2D eigenvalue weighted by atomic mass is 9.58. The SMILES string of the molecule is Cc1ccc(C(CNOO)C(CNOO)(c2ccc(C)c(N=C=O)c2)C(CNOO)c2ccc(C)c(N=C=O)c2)cc1N=C=O. The van der Waals surface area contributed by atoms with Gasteiger partial charge in [-0.25, -0.2) is 30.2 Å². The lowest BCUT2D eigenvalue weighted by Gasteiger charge is -2.47. The molecular formula is C30H32N6O9. The number of isocyanates is 3. The van der Waals surface area contributed by atoms with E-state index < -0.39 is 17.3 Å². The van der Waals surface area contributed by atoms with E-state index in [2.05, 4.69) is 46.4 Å². The molecule has 15 nitrogen and oxygen atoms in total. The van der Waals surface area contributed by atoms with Gasteiger partial charge in [0.25, 0.3) is 0 Å². The molecule has 0 heterocycles.